The van der Waals surface area contributed by atoms with E-state index in [-0.39, 0.29) is 5.91 Å². The summed E-state index contributed by atoms with van der Waals surface area (Å²) < 4.78 is 5.95. The van der Waals surface area contributed by atoms with E-state index < -0.39 is 0 Å². The molecule has 6 heteroatoms. The fraction of sp³-hybridized carbons (Fsp3) is 0.370. The van der Waals surface area contributed by atoms with Gasteiger partial charge in [0.1, 0.15) is 5.75 Å². The van der Waals surface area contributed by atoms with E-state index in [4.69, 9.17) is 4.74 Å². The number of amides is 1. The van der Waals surface area contributed by atoms with Crippen molar-refractivity contribution in [1.82, 2.24) is 15.3 Å². The minimum atomic E-state index is 0.102. The van der Waals surface area contributed by atoms with Gasteiger partial charge in [-0.25, -0.2) is 0 Å². The second kappa shape index (κ2) is 11.6. The number of hydrogen-bond donors (Lipinski definition) is 1. The van der Waals surface area contributed by atoms with Gasteiger partial charge < -0.3 is 15.0 Å². The predicted molar refractivity (Wildman–Crippen MR) is 130 cm³/mol. The topological polar surface area (TPSA) is 67.3 Å². The molecular weight excluding hydrogens is 412 g/mol. The highest BCUT2D eigenvalue weighted by Crippen LogP contribution is 2.30. The second-order valence-electron chi connectivity index (χ2n) is 8.46. The van der Waals surface area contributed by atoms with Gasteiger partial charge in [-0.15, -0.1) is 0 Å². The maximum Gasteiger partial charge on any atom is 0.223 e. The van der Waals surface area contributed by atoms with Gasteiger partial charge in [0, 0.05) is 50.0 Å². The highest BCUT2D eigenvalue weighted by Gasteiger charge is 2.20. The van der Waals surface area contributed by atoms with E-state index in [1.54, 1.807) is 13.1 Å². The molecule has 1 aliphatic heterocycles. The van der Waals surface area contributed by atoms with Crippen LogP contribution >= 0.6 is 0 Å². The summed E-state index contributed by atoms with van der Waals surface area (Å²) in [5.74, 6) is 0.983. The van der Waals surface area contributed by atoms with Crippen molar-refractivity contribution >= 4 is 11.6 Å². The number of nitrogens with one attached hydrogen (secondary N) is 1. The number of rotatable bonds is 10. The summed E-state index contributed by atoms with van der Waals surface area (Å²) in [6.45, 7) is 4.80. The molecule has 0 unspecified atom stereocenters. The SMILES string of the molecule is CC(=O)N1CCCc2cc(OCCCNCc3ccnc(CCc4cccnc4)c3)ccc21. The van der Waals surface area contributed by atoms with Crippen molar-refractivity contribution in [3.8, 4) is 5.75 Å². The summed E-state index contributed by atoms with van der Waals surface area (Å²) in [6, 6.07) is 14.4. The van der Waals surface area contributed by atoms with Crippen LogP contribution in [0.15, 0.2) is 61.1 Å². The number of carbonyl (C=O) groups excluding carboxylic acids is 1. The van der Waals surface area contributed by atoms with Crippen molar-refractivity contribution in [3.63, 3.8) is 0 Å². The maximum absolute atomic E-state index is 11.8. The van der Waals surface area contributed by atoms with E-state index >= 15 is 0 Å². The molecule has 3 aromatic rings. The molecule has 0 aliphatic carbocycles. The van der Waals surface area contributed by atoms with Gasteiger partial charge in [0.25, 0.3) is 0 Å². The van der Waals surface area contributed by atoms with E-state index in [9.17, 15) is 4.79 Å². The van der Waals surface area contributed by atoms with Gasteiger partial charge in [-0.2, -0.15) is 0 Å². The second-order valence-corrected chi connectivity index (χ2v) is 8.46. The summed E-state index contributed by atoms with van der Waals surface area (Å²) in [5, 5.41) is 3.50. The molecule has 1 aliphatic rings. The standard InChI is InChI=1S/C27H32N4O2/c1-21(32)31-15-3-6-24-18-26(9-10-27(24)31)33-16-4-13-29-20-23-11-14-30-25(17-23)8-7-22-5-2-12-28-19-22/h2,5,9-12,14,17-19,29H,3-4,6-8,13,15-16,20H2,1H3. The summed E-state index contributed by atoms with van der Waals surface area (Å²) in [4.78, 5) is 22.3. The Morgan fingerprint density at radius 3 is 2.91 bits per heavy atom. The number of nitrogens with zero attached hydrogens (tertiary/aromatic N) is 3. The highest BCUT2D eigenvalue weighted by molar-refractivity contribution is 5.92. The predicted octanol–water partition coefficient (Wildman–Crippen LogP) is 4.12. The van der Waals surface area contributed by atoms with Crippen LogP contribution in [0.1, 0.15) is 42.1 Å². The number of anilines is 1. The molecule has 2 aromatic heterocycles. The van der Waals surface area contributed by atoms with Crippen molar-refractivity contribution < 1.29 is 9.53 Å². The first-order valence-electron chi connectivity index (χ1n) is 11.8. The lowest BCUT2D eigenvalue weighted by molar-refractivity contribution is -0.116. The zero-order valence-electron chi connectivity index (χ0n) is 19.3. The molecule has 1 aromatic carbocycles. The Bertz CT molecular complexity index is 1050. The molecule has 1 N–H and O–H groups in total. The van der Waals surface area contributed by atoms with Crippen LogP contribution in [0.25, 0.3) is 0 Å². The Labute approximate surface area is 196 Å². The summed E-state index contributed by atoms with van der Waals surface area (Å²) in [7, 11) is 0. The first kappa shape index (κ1) is 22.9. The van der Waals surface area contributed by atoms with Gasteiger partial charge >= 0.3 is 0 Å². The summed E-state index contributed by atoms with van der Waals surface area (Å²) in [6.07, 6.45) is 10.4. The van der Waals surface area contributed by atoms with E-state index in [1.807, 2.05) is 35.5 Å². The van der Waals surface area contributed by atoms with Crippen LogP contribution in [0.5, 0.6) is 5.75 Å². The third kappa shape index (κ3) is 6.62. The molecule has 0 spiro atoms. The lowest BCUT2D eigenvalue weighted by Gasteiger charge is -2.28. The van der Waals surface area contributed by atoms with Crippen LogP contribution in [0.3, 0.4) is 0 Å². The monoisotopic (exact) mass is 444 g/mol. The molecule has 172 valence electrons. The molecule has 4 rings (SSSR count). The Kier molecular flexibility index (Phi) is 8.04. The first-order chi connectivity index (χ1) is 16.2. The van der Waals surface area contributed by atoms with Gasteiger partial charge in [0.15, 0.2) is 0 Å². The average Bonchev–Trinajstić information content (AvgIpc) is 2.85. The van der Waals surface area contributed by atoms with Gasteiger partial charge in [-0.3, -0.25) is 14.8 Å². The molecule has 6 nitrogen and oxygen atoms in total. The van der Waals surface area contributed by atoms with Gasteiger partial charge in [0.2, 0.25) is 5.91 Å². The Morgan fingerprint density at radius 1 is 1.12 bits per heavy atom. The van der Waals surface area contributed by atoms with Gasteiger partial charge in [0.05, 0.1) is 6.61 Å². The molecule has 0 radical (unpaired) electrons. The molecule has 1 amide bonds. The molecule has 3 heterocycles. The summed E-state index contributed by atoms with van der Waals surface area (Å²) in [5.41, 5.74) is 5.82. The number of aryl methyl sites for hydroxylation is 3. The van der Waals surface area contributed by atoms with E-state index in [2.05, 4.69) is 39.6 Å². The first-order valence-corrected chi connectivity index (χ1v) is 11.8. The zero-order valence-corrected chi connectivity index (χ0v) is 19.3. The van der Waals surface area contributed by atoms with Crippen molar-refractivity contribution in [3.05, 3.63) is 83.4 Å². The smallest absolute Gasteiger partial charge is 0.223 e. The number of carbonyl (C=O) groups is 1. The number of aromatic nitrogens is 2. The van der Waals surface area contributed by atoms with Gasteiger partial charge in [-0.1, -0.05) is 6.07 Å². The average molecular weight is 445 g/mol. The lowest BCUT2D eigenvalue weighted by atomic mass is 10.0. The largest absolute Gasteiger partial charge is 0.494 e. The number of benzene rings is 1. The molecule has 0 bridgehead atoms. The fourth-order valence-corrected chi connectivity index (χ4v) is 4.20. The maximum atomic E-state index is 11.8. The van der Waals surface area contributed by atoms with E-state index in [1.165, 1.54) is 16.7 Å². The Balaban J connectivity index is 1.16. The van der Waals surface area contributed by atoms with Crippen LogP contribution in [0.4, 0.5) is 5.69 Å². The zero-order chi connectivity index (χ0) is 22.9. The molecular formula is C27H32N4O2. The Hall–Kier alpha value is -3.25. The third-order valence-corrected chi connectivity index (χ3v) is 5.92. The number of pyridine rings is 2. The number of fused-ring (bicyclic) bond motifs is 1. The van der Waals surface area contributed by atoms with Crippen molar-refractivity contribution in [2.75, 3.05) is 24.6 Å². The van der Waals surface area contributed by atoms with E-state index in [0.29, 0.717) is 6.61 Å². The fourth-order valence-electron chi connectivity index (χ4n) is 4.20. The number of hydrogen-bond acceptors (Lipinski definition) is 5. The van der Waals surface area contributed by atoms with Crippen LogP contribution in [-0.2, 0) is 30.6 Å². The Morgan fingerprint density at radius 2 is 2.06 bits per heavy atom. The molecule has 0 saturated carbocycles. The van der Waals surface area contributed by atoms with Crippen LogP contribution in [-0.4, -0.2) is 35.6 Å². The normalized spacial score (nSPS) is 12.9. The quantitative estimate of drug-likeness (QED) is 0.477. The third-order valence-electron chi connectivity index (χ3n) is 5.92. The minimum absolute atomic E-state index is 0.102. The van der Waals surface area contributed by atoms with Crippen molar-refractivity contribution in [2.24, 2.45) is 0 Å². The lowest BCUT2D eigenvalue weighted by Crippen LogP contribution is -2.33. The van der Waals surface area contributed by atoms with Crippen molar-refractivity contribution in [1.29, 1.82) is 0 Å². The minimum Gasteiger partial charge on any atom is -0.494 e. The summed E-state index contributed by atoms with van der Waals surface area (Å²) >= 11 is 0. The molecule has 0 fully saturated rings. The molecule has 0 atom stereocenters. The molecule has 0 saturated heterocycles. The van der Waals surface area contributed by atoms with Crippen molar-refractivity contribution in [2.45, 2.75) is 45.6 Å². The van der Waals surface area contributed by atoms with Gasteiger partial charge in [-0.05, 0) is 91.7 Å². The molecule has 33 heavy (non-hydrogen) atoms. The van der Waals surface area contributed by atoms with E-state index in [0.717, 1.165) is 68.9 Å². The van der Waals surface area contributed by atoms with Crippen LogP contribution < -0.4 is 15.0 Å². The van der Waals surface area contributed by atoms with Crippen LogP contribution in [0.2, 0.25) is 0 Å². The number of ether oxygens (including phenoxy) is 1. The van der Waals surface area contributed by atoms with Crippen LogP contribution in [0, 0.1) is 0 Å². The highest BCUT2D eigenvalue weighted by atomic mass is 16.5.